The molecule has 0 saturated carbocycles. The molecule has 0 saturated heterocycles. The second-order valence-electron chi connectivity index (χ2n) is 6.60. The van der Waals surface area contributed by atoms with Gasteiger partial charge in [0.05, 0.1) is 26.8 Å². The number of aliphatic imine (C=N–C) groups is 1. The lowest BCUT2D eigenvalue weighted by Crippen LogP contribution is -2.17. The van der Waals surface area contributed by atoms with Crippen molar-refractivity contribution >= 4 is 16.7 Å². The fraction of sp³-hybridized carbons (Fsp3) is 0.316. The SMILES string of the molecule is Cc1ccc(S(=O)c2ccc(C)cc2C2=NC(C)(C)CO2)cc1. The molecule has 2 aromatic carbocycles. The second-order valence-corrected chi connectivity index (χ2v) is 8.05. The number of ether oxygens (including phenoxy) is 1. The van der Waals surface area contributed by atoms with Crippen molar-refractivity contribution in [1.29, 1.82) is 0 Å². The molecule has 0 spiro atoms. The van der Waals surface area contributed by atoms with Crippen molar-refractivity contribution in [2.45, 2.75) is 43.0 Å². The zero-order valence-corrected chi connectivity index (χ0v) is 14.7. The van der Waals surface area contributed by atoms with Gasteiger partial charge in [0, 0.05) is 4.90 Å². The molecule has 0 fully saturated rings. The molecule has 4 heteroatoms. The first kappa shape index (κ1) is 15.9. The van der Waals surface area contributed by atoms with E-state index in [2.05, 4.69) is 4.99 Å². The molecule has 1 aliphatic rings. The van der Waals surface area contributed by atoms with E-state index < -0.39 is 10.8 Å². The molecule has 1 aliphatic heterocycles. The van der Waals surface area contributed by atoms with E-state index in [1.807, 2.05) is 70.2 Å². The Bertz CT molecular complexity index is 792. The molecule has 120 valence electrons. The van der Waals surface area contributed by atoms with Gasteiger partial charge >= 0.3 is 0 Å². The quantitative estimate of drug-likeness (QED) is 0.854. The number of hydrogen-bond acceptors (Lipinski definition) is 3. The number of benzene rings is 2. The minimum Gasteiger partial charge on any atom is -0.475 e. The van der Waals surface area contributed by atoms with E-state index in [0.29, 0.717) is 12.5 Å². The van der Waals surface area contributed by atoms with Crippen LogP contribution in [0.5, 0.6) is 0 Å². The predicted octanol–water partition coefficient (Wildman–Crippen LogP) is 4.03. The Kier molecular flexibility index (Phi) is 4.11. The topological polar surface area (TPSA) is 38.7 Å². The van der Waals surface area contributed by atoms with Crippen LogP contribution >= 0.6 is 0 Å². The van der Waals surface area contributed by atoms with Crippen LogP contribution in [0.2, 0.25) is 0 Å². The van der Waals surface area contributed by atoms with E-state index in [1.54, 1.807) is 0 Å². The molecular weight excluding hydrogens is 306 g/mol. The van der Waals surface area contributed by atoms with Crippen LogP contribution in [-0.4, -0.2) is 22.3 Å². The van der Waals surface area contributed by atoms with E-state index >= 15 is 0 Å². The highest BCUT2D eigenvalue weighted by Crippen LogP contribution is 2.27. The van der Waals surface area contributed by atoms with Crippen LogP contribution in [0.4, 0.5) is 0 Å². The average Bonchev–Trinajstić information content (AvgIpc) is 2.87. The van der Waals surface area contributed by atoms with Crippen molar-refractivity contribution in [3.05, 3.63) is 59.2 Å². The van der Waals surface area contributed by atoms with Crippen LogP contribution in [-0.2, 0) is 15.5 Å². The van der Waals surface area contributed by atoms with Crippen LogP contribution in [0.25, 0.3) is 0 Å². The van der Waals surface area contributed by atoms with Gasteiger partial charge < -0.3 is 4.74 Å². The smallest absolute Gasteiger partial charge is 0.218 e. The Morgan fingerprint density at radius 3 is 2.30 bits per heavy atom. The fourth-order valence-electron chi connectivity index (χ4n) is 2.48. The van der Waals surface area contributed by atoms with Gasteiger partial charge in [-0.1, -0.05) is 29.3 Å². The third kappa shape index (κ3) is 3.37. The maximum Gasteiger partial charge on any atom is 0.218 e. The monoisotopic (exact) mass is 327 g/mol. The Balaban J connectivity index is 2.06. The molecule has 0 bridgehead atoms. The normalized spacial score (nSPS) is 17.5. The largest absolute Gasteiger partial charge is 0.475 e. The van der Waals surface area contributed by atoms with Gasteiger partial charge in [-0.3, -0.25) is 0 Å². The molecule has 0 aliphatic carbocycles. The molecule has 0 N–H and O–H groups in total. The van der Waals surface area contributed by atoms with E-state index in [1.165, 1.54) is 0 Å². The Morgan fingerprint density at radius 1 is 1.04 bits per heavy atom. The van der Waals surface area contributed by atoms with Crippen LogP contribution in [0.1, 0.15) is 30.5 Å². The average molecular weight is 327 g/mol. The molecule has 0 aromatic heterocycles. The van der Waals surface area contributed by atoms with E-state index in [0.717, 1.165) is 26.5 Å². The lowest BCUT2D eigenvalue weighted by molar-refractivity contribution is 0.279. The van der Waals surface area contributed by atoms with Crippen molar-refractivity contribution < 1.29 is 8.95 Å². The third-order valence-corrected chi connectivity index (χ3v) is 5.22. The van der Waals surface area contributed by atoms with Gasteiger partial charge in [0.1, 0.15) is 6.61 Å². The zero-order chi connectivity index (χ0) is 16.6. The van der Waals surface area contributed by atoms with E-state index in [9.17, 15) is 4.21 Å². The summed E-state index contributed by atoms with van der Waals surface area (Å²) >= 11 is 0. The first-order chi connectivity index (χ1) is 10.9. The van der Waals surface area contributed by atoms with Crippen LogP contribution < -0.4 is 0 Å². The molecule has 3 rings (SSSR count). The Hall–Kier alpha value is -1.94. The Morgan fingerprint density at radius 2 is 1.70 bits per heavy atom. The van der Waals surface area contributed by atoms with Gasteiger partial charge in [-0.15, -0.1) is 0 Å². The van der Waals surface area contributed by atoms with Gasteiger partial charge in [-0.25, -0.2) is 9.20 Å². The zero-order valence-electron chi connectivity index (χ0n) is 13.9. The van der Waals surface area contributed by atoms with Crippen molar-refractivity contribution in [2.24, 2.45) is 4.99 Å². The van der Waals surface area contributed by atoms with Gasteiger partial charge in [-0.05, 0) is 52.0 Å². The maximum absolute atomic E-state index is 13.0. The minimum atomic E-state index is -1.26. The molecule has 3 nitrogen and oxygen atoms in total. The second kappa shape index (κ2) is 5.93. The number of rotatable bonds is 3. The van der Waals surface area contributed by atoms with Crippen LogP contribution in [0.15, 0.2) is 57.2 Å². The summed E-state index contributed by atoms with van der Waals surface area (Å²) in [6, 6.07) is 13.7. The first-order valence-corrected chi connectivity index (χ1v) is 8.83. The summed E-state index contributed by atoms with van der Waals surface area (Å²) in [7, 11) is -1.26. The van der Waals surface area contributed by atoms with Gasteiger partial charge in [-0.2, -0.15) is 0 Å². The predicted molar refractivity (Wildman–Crippen MR) is 93.6 cm³/mol. The van der Waals surface area contributed by atoms with Crippen LogP contribution in [0.3, 0.4) is 0 Å². The summed E-state index contributed by atoms with van der Waals surface area (Å²) < 4.78 is 18.8. The summed E-state index contributed by atoms with van der Waals surface area (Å²) in [6.07, 6.45) is 0. The molecule has 1 atom stereocenters. The summed E-state index contributed by atoms with van der Waals surface area (Å²) in [5.74, 6) is 0.592. The lowest BCUT2D eigenvalue weighted by atomic mass is 10.1. The Labute approximate surface area is 139 Å². The standard InChI is InChI=1S/C19H21NO2S/c1-13-5-8-15(9-6-13)23(21)17-10-7-14(2)11-16(17)18-20-19(3,4)12-22-18/h5-11H,12H2,1-4H3. The number of aryl methyl sites for hydroxylation is 2. The van der Waals surface area contributed by atoms with Crippen molar-refractivity contribution in [3.8, 4) is 0 Å². The molecule has 23 heavy (non-hydrogen) atoms. The molecule has 0 amide bonds. The highest BCUT2D eigenvalue weighted by molar-refractivity contribution is 7.85. The third-order valence-electron chi connectivity index (χ3n) is 3.77. The number of hydrogen-bond donors (Lipinski definition) is 0. The summed E-state index contributed by atoms with van der Waals surface area (Å²) in [5.41, 5.74) is 2.84. The molecule has 0 radical (unpaired) electrons. The number of nitrogens with zero attached hydrogens (tertiary/aromatic N) is 1. The van der Waals surface area contributed by atoms with Crippen molar-refractivity contribution in [1.82, 2.24) is 0 Å². The molecular formula is C19H21NO2S. The first-order valence-electron chi connectivity index (χ1n) is 7.68. The van der Waals surface area contributed by atoms with Gasteiger partial charge in [0.2, 0.25) is 5.90 Å². The highest BCUT2D eigenvalue weighted by atomic mass is 32.2. The lowest BCUT2D eigenvalue weighted by Gasteiger charge is -2.10. The highest BCUT2D eigenvalue weighted by Gasteiger charge is 2.29. The fourth-order valence-corrected chi connectivity index (χ4v) is 3.66. The molecule has 1 unspecified atom stereocenters. The van der Waals surface area contributed by atoms with Crippen LogP contribution in [0, 0.1) is 13.8 Å². The molecule has 1 heterocycles. The summed E-state index contributed by atoms with van der Waals surface area (Å²) in [5, 5.41) is 0. The van der Waals surface area contributed by atoms with Crippen molar-refractivity contribution in [2.75, 3.05) is 6.61 Å². The van der Waals surface area contributed by atoms with Gasteiger partial charge in [0.25, 0.3) is 0 Å². The minimum absolute atomic E-state index is 0.234. The van der Waals surface area contributed by atoms with Gasteiger partial charge in [0.15, 0.2) is 0 Å². The van der Waals surface area contributed by atoms with E-state index in [4.69, 9.17) is 4.74 Å². The van der Waals surface area contributed by atoms with E-state index in [-0.39, 0.29) is 5.54 Å². The van der Waals surface area contributed by atoms with Crippen molar-refractivity contribution in [3.63, 3.8) is 0 Å². The summed E-state index contributed by atoms with van der Waals surface area (Å²) in [4.78, 5) is 6.18. The maximum atomic E-state index is 13.0. The summed E-state index contributed by atoms with van der Waals surface area (Å²) in [6.45, 7) is 8.65. The molecule has 2 aromatic rings.